The first-order valence-corrected chi connectivity index (χ1v) is 6.70. The molecule has 16 heavy (non-hydrogen) atoms. The van der Waals surface area contributed by atoms with Gasteiger partial charge in [0.1, 0.15) is 5.78 Å². The predicted octanol–water partition coefficient (Wildman–Crippen LogP) is 2.68. The molecule has 4 unspecified atom stereocenters. The minimum absolute atomic E-state index is 0.109. The highest BCUT2D eigenvalue weighted by molar-refractivity contribution is 5.85. The molecule has 0 bridgehead atoms. The van der Waals surface area contributed by atoms with Crippen molar-refractivity contribution in [2.24, 2.45) is 23.5 Å². The van der Waals surface area contributed by atoms with E-state index < -0.39 is 0 Å². The Bertz CT molecular complexity index is 284. The lowest BCUT2D eigenvalue weighted by Gasteiger charge is -2.31. The summed E-state index contributed by atoms with van der Waals surface area (Å²) in [6, 6.07) is 0.109. The van der Waals surface area contributed by atoms with E-state index in [0.717, 1.165) is 19.3 Å². The zero-order chi connectivity index (χ0) is 11.5. The fourth-order valence-corrected chi connectivity index (χ4v) is 3.28. The van der Waals surface area contributed by atoms with Gasteiger partial charge in [-0.05, 0) is 25.2 Å². The lowest BCUT2D eigenvalue weighted by molar-refractivity contribution is -0.128. The molecule has 0 aromatic carbocycles. The maximum Gasteiger partial charge on any atom is 0.143 e. The lowest BCUT2D eigenvalue weighted by atomic mass is 9.73. The number of carbonyl (C=O) groups is 1. The summed E-state index contributed by atoms with van der Waals surface area (Å²) in [5.41, 5.74) is 5.82. The Morgan fingerprint density at radius 1 is 1.31 bits per heavy atom. The maximum absolute atomic E-state index is 12.4. The second kappa shape index (κ2) is 5.13. The zero-order valence-electron chi connectivity index (χ0n) is 10.2. The SMILES string of the molecule is CCC1CCCCC1C(=O)C1C=CC(N)C1. The van der Waals surface area contributed by atoms with Crippen LogP contribution in [0.1, 0.15) is 45.4 Å². The number of hydrogen-bond donors (Lipinski definition) is 1. The van der Waals surface area contributed by atoms with Crippen LogP contribution in [0.15, 0.2) is 12.2 Å². The first-order valence-electron chi connectivity index (χ1n) is 6.70. The van der Waals surface area contributed by atoms with E-state index in [9.17, 15) is 4.79 Å². The van der Waals surface area contributed by atoms with Gasteiger partial charge in [0.05, 0.1) is 0 Å². The molecule has 1 fully saturated rings. The van der Waals surface area contributed by atoms with Crippen molar-refractivity contribution in [2.45, 2.75) is 51.5 Å². The lowest BCUT2D eigenvalue weighted by Crippen LogP contribution is -2.31. The molecule has 2 aliphatic rings. The summed E-state index contributed by atoms with van der Waals surface area (Å²) in [6.45, 7) is 2.21. The molecule has 2 N–H and O–H groups in total. The molecule has 0 aliphatic heterocycles. The van der Waals surface area contributed by atoms with E-state index in [1.54, 1.807) is 0 Å². The highest BCUT2D eigenvalue weighted by atomic mass is 16.1. The maximum atomic E-state index is 12.4. The van der Waals surface area contributed by atoms with Crippen LogP contribution < -0.4 is 5.73 Å². The fourth-order valence-electron chi connectivity index (χ4n) is 3.28. The van der Waals surface area contributed by atoms with Crippen LogP contribution in [-0.2, 0) is 4.79 Å². The molecule has 0 saturated heterocycles. The van der Waals surface area contributed by atoms with Crippen LogP contribution >= 0.6 is 0 Å². The average Bonchev–Trinajstić information content (AvgIpc) is 2.75. The van der Waals surface area contributed by atoms with Crippen LogP contribution in [-0.4, -0.2) is 11.8 Å². The molecular formula is C14H23NO. The monoisotopic (exact) mass is 221 g/mol. The summed E-state index contributed by atoms with van der Waals surface area (Å²) in [4.78, 5) is 12.4. The average molecular weight is 221 g/mol. The Kier molecular flexibility index (Phi) is 3.80. The number of hydrogen-bond acceptors (Lipinski definition) is 2. The molecular weight excluding hydrogens is 198 g/mol. The molecule has 0 aromatic rings. The topological polar surface area (TPSA) is 43.1 Å². The Hall–Kier alpha value is -0.630. The molecule has 0 amide bonds. The highest BCUT2D eigenvalue weighted by Crippen LogP contribution is 2.36. The van der Waals surface area contributed by atoms with Gasteiger partial charge in [-0.1, -0.05) is 38.3 Å². The van der Waals surface area contributed by atoms with Gasteiger partial charge in [0.2, 0.25) is 0 Å². The number of carbonyl (C=O) groups excluding carboxylic acids is 1. The van der Waals surface area contributed by atoms with E-state index in [4.69, 9.17) is 5.73 Å². The Morgan fingerprint density at radius 2 is 2.06 bits per heavy atom. The molecule has 90 valence electrons. The van der Waals surface area contributed by atoms with Gasteiger partial charge in [0.15, 0.2) is 0 Å². The van der Waals surface area contributed by atoms with Crippen LogP contribution in [0.3, 0.4) is 0 Å². The van der Waals surface area contributed by atoms with Gasteiger partial charge in [0, 0.05) is 17.9 Å². The third-order valence-corrected chi connectivity index (χ3v) is 4.28. The van der Waals surface area contributed by atoms with Crippen molar-refractivity contribution in [2.75, 3.05) is 0 Å². The van der Waals surface area contributed by atoms with Gasteiger partial charge in [-0.15, -0.1) is 0 Å². The Balaban J connectivity index is 1.99. The smallest absolute Gasteiger partial charge is 0.143 e. The molecule has 0 spiro atoms. The van der Waals surface area contributed by atoms with E-state index in [-0.39, 0.29) is 12.0 Å². The normalized spacial score (nSPS) is 38.9. The standard InChI is InChI=1S/C14H23NO/c1-2-10-5-3-4-6-13(10)14(16)11-7-8-12(15)9-11/h7-8,10-13H,2-6,9,15H2,1H3. The van der Waals surface area contributed by atoms with E-state index >= 15 is 0 Å². The van der Waals surface area contributed by atoms with Crippen molar-refractivity contribution in [1.29, 1.82) is 0 Å². The van der Waals surface area contributed by atoms with Crippen LogP contribution in [0, 0.1) is 17.8 Å². The molecule has 0 aromatic heterocycles. The van der Waals surface area contributed by atoms with E-state index in [1.165, 1.54) is 19.3 Å². The van der Waals surface area contributed by atoms with E-state index in [2.05, 4.69) is 6.92 Å². The van der Waals surface area contributed by atoms with Crippen molar-refractivity contribution in [3.05, 3.63) is 12.2 Å². The summed E-state index contributed by atoms with van der Waals surface area (Å²) in [5.74, 6) is 1.54. The van der Waals surface area contributed by atoms with Crippen molar-refractivity contribution in [3.63, 3.8) is 0 Å². The fraction of sp³-hybridized carbons (Fsp3) is 0.786. The Morgan fingerprint density at radius 3 is 2.69 bits per heavy atom. The van der Waals surface area contributed by atoms with Gasteiger partial charge in [-0.2, -0.15) is 0 Å². The van der Waals surface area contributed by atoms with Crippen molar-refractivity contribution >= 4 is 5.78 Å². The first-order chi connectivity index (χ1) is 7.72. The van der Waals surface area contributed by atoms with Crippen molar-refractivity contribution in [3.8, 4) is 0 Å². The predicted molar refractivity (Wildman–Crippen MR) is 66.0 cm³/mol. The summed E-state index contributed by atoms with van der Waals surface area (Å²) in [7, 11) is 0. The van der Waals surface area contributed by atoms with Crippen LogP contribution in [0.5, 0.6) is 0 Å². The number of Topliss-reactive ketones (excluding diaryl/α,β-unsaturated/α-hetero) is 1. The van der Waals surface area contributed by atoms with Gasteiger partial charge in [-0.25, -0.2) is 0 Å². The summed E-state index contributed by atoms with van der Waals surface area (Å²) < 4.78 is 0. The van der Waals surface area contributed by atoms with E-state index in [0.29, 0.717) is 17.6 Å². The number of ketones is 1. The third kappa shape index (κ3) is 2.37. The largest absolute Gasteiger partial charge is 0.324 e. The minimum atomic E-state index is 0.109. The second-order valence-corrected chi connectivity index (χ2v) is 5.35. The molecule has 0 radical (unpaired) electrons. The molecule has 2 aliphatic carbocycles. The summed E-state index contributed by atoms with van der Waals surface area (Å²) >= 11 is 0. The van der Waals surface area contributed by atoms with Crippen LogP contribution in [0.25, 0.3) is 0 Å². The number of rotatable bonds is 3. The molecule has 4 atom stereocenters. The number of nitrogens with two attached hydrogens (primary N) is 1. The van der Waals surface area contributed by atoms with Crippen molar-refractivity contribution in [1.82, 2.24) is 0 Å². The quantitative estimate of drug-likeness (QED) is 0.745. The summed E-state index contributed by atoms with van der Waals surface area (Å²) in [6.07, 6.45) is 10.9. The third-order valence-electron chi connectivity index (χ3n) is 4.28. The van der Waals surface area contributed by atoms with E-state index in [1.807, 2.05) is 12.2 Å². The first kappa shape index (κ1) is 11.8. The zero-order valence-corrected chi connectivity index (χ0v) is 10.2. The summed E-state index contributed by atoms with van der Waals surface area (Å²) in [5, 5.41) is 0. The number of allylic oxidation sites excluding steroid dienone is 1. The molecule has 1 saturated carbocycles. The van der Waals surface area contributed by atoms with Crippen LogP contribution in [0.2, 0.25) is 0 Å². The molecule has 2 rings (SSSR count). The van der Waals surface area contributed by atoms with Crippen LogP contribution in [0.4, 0.5) is 0 Å². The van der Waals surface area contributed by atoms with Gasteiger partial charge in [-0.3, -0.25) is 4.79 Å². The van der Waals surface area contributed by atoms with Crippen molar-refractivity contribution < 1.29 is 4.79 Å². The second-order valence-electron chi connectivity index (χ2n) is 5.35. The molecule has 2 heteroatoms. The van der Waals surface area contributed by atoms with Gasteiger partial charge in [0.25, 0.3) is 0 Å². The Labute approximate surface area is 98.3 Å². The highest BCUT2D eigenvalue weighted by Gasteiger charge is 2.34. The molecule has 0 heterocycles. The van der Waals surface area contributed by atoms with Gasteiger partial charge < -0.3 is 5.73 Å². The van der Waals surface area contributed by atoms with Gasteiger partial charge >= 0.3 is 0 Å². The minimum Gasteiger partial charge on any atom is -0.324 e. The molecule has 2 nitrogen and oxygen atoms in total.